The van der Waals surface area contributed by atoms with Crippen LogP contribution in [0.25, 0.3) is 0 Å². The van der Waals surface area contributed by atoms with E-state index in [1.807, 2.05) is 0 Å². The number of halogens is 1. The van der Waals surface area contributed by atoms with Gasteiger partial charge in [-0.05, 0) is 30.3 Å². The van der Waals surface area contributed by atoms with Gasteiger partial charge in [0.1, 0.15) is 0 Å². The van der Waals surface area contributed by atoms with Crippen molar-refractivity contribution < 1.29 is 23.9 Å². The maximum absolute atomic E-state index is 12.2. The van der Waals surface area contributed by atoms with Gasteiger partial charge in [0.05, 0.1) is 22.0 Å². The molecular weight excluding hydrogens is 372 g/mol. The third-order valence-electron chi connectivity index (χ3n) is 3.87. The molecule has 1 heterocycles. The molecule has 0 atom stereocenters. The fourth-order valence-corrected chi connectivity index (χ4v) is 2.78. The summed E-state index contributed by atoms with van der Waals surface area (Å²) in [7, 11) is 0. The summed E-state index contributed by atoms with van der Waals surface area (Å²) in [6, 6.07) is 12.6. The molecule has 0 aromatic heterocycles. The minimum atomic E-state index is -0.745. The van der Waals surface area contributed by atoms with Crippen LogP contribution < -0.4 is 10.2 Å². The normalized spacial score (nSPS) is 13.6. The maximum atomic E-state index is 12.2. The molecule has 0 bridgehead atoms. The van der Waals surface area contributed by atoms with Gasteiger partial charge in [0.2, 0.25) is 11.8 Å². The van der Waals surface area contributed by atoms with Gasteiger partial charge in [-0.25, -0.2) is 4.79 Å². The second kappa shape index (κ2) is 8.01. The second-order valence-corrected chi connectivity index (χ2v) is 6.18. The molecule has 0 radical (unpaired) electrons. The predicted octanol–water partition coefficient (Wildman–Crippen LogP) is 2.79. The standard InChI is InChI=1S/C19H15ClN2O5/c20-14-6-1-2-7-15(14)21-16(23)11-27-19(26)12-4-3-5-13(10-12)22-17(24)8-9-18(22)25/h1-7,10H,8-9,11H2,(H,21,23). The first-order valence-electron chi connectivity index (χ1n) is 8.13. The second-order valence-electron chi connectivity index (χ2n) is 5.78. The van der Waals surface area contributed by atoms with Crippen molar-refractivity contribution >= 4 is 46.7 Å². The third kappa shape index (κ3) is 4.32. The monoisotopic (exact) mass is 386 g/mol. The summed E-state index contributed by atoms with van der Waals surface area (Å²) in [6.45, 7) is -0.504. The molecule has 27 heavy (non-hydrogen) atoms. The summed E-state index contributed by atoms with van der Waals surface area (Å²) >= 11 is 5.95. The number of carbonyl (C=O) groups is 4. The van der Waals surface area contributed by atoms with Crippen molar-refractivity contribution in [2.45, 2.75) is 12.8 Å². The minimum Gasteiger partial charge on any atom is -0.452 e. The van der Waals surface area contributed by atoms with E-state index in [9.17, 15) is 19.2 Å². The number of benzene rings is 2. The minimum absolute atomic E-state index is 0.130. The molecule has 2 aromatic carbocycles. The Bertz CT molecular complexity index is 912. The van der Waals surface area contributed by atoms with Crippen molar-refractivity contribution in [2.75, 3.05) is 16.8 Å². The fourth-order valence-electron chi connectivity index (χ4n) is 2.60. The lowest BCUT2D eigenvalue weighted by molar-refractivity contribution is -0.121. The Balaban J connectivity index is 1.62. The number of amides is 3. The highest BCUT2D eigenvalue weighted by Crippen LogP contribution is 2.24. The quantitative estimate of drug-likeness (QED) is 0.630. The highest BCUT2D eigenvalue weighted by atomic mass is 35.5. The number of ether oxygens (including phenoxy) is 1. The Morgan fingerprint density at radius 2 is 1.74 bits per heavy atom. The van der Waals surface area contributed by atoms with Gasteiger partial charge < -0.3 is 10.1 Å². The summed E-state index contributed by atoms with van der Waals surface area (Å²) in [5.41, 5.74) is 0.844. The first-order valence-corrected chi connectivity index (χ1v) is 8.51. The van der Waals surface area contributed by atoms with Crippen LogP contribution in [-0.2, 0) is 19.1 Å². The average molecular weight is 387 g/mol. The molecule has 138 valence electrons. The van der Waals surface area contributed by atoms with E-state index in [0.29, 0.717) is 16.4 Å². The molecule has 0 unspecified atom stereocenters. The summed E-state index contributed by atoms with van der Waals surface area (Å²) in [6.07, 6.45) is 0.297. The molecule has 0 aliphatic carbocycles. The molecule has 1 saturated heterocycles. The van der Waals surface area contributed by atoms with Gasteiger partial charge in [0.15, 0.2) is 6.61 Å². The zero-order valence-corrected chi connectivity index (χ0v) is 14.9. The van der Waals surface area contributed by atoms with Crippen molar-refractivity contribution in [1.29, 1.82) is 0 Å². The van der Waals surface area contributed by atoms with Gasteiger partial charge in [-0.3, -0.25) is 19.3 Å². The van der Waals surface area contributed by atoms with Crippen LogP contribution in [0.15, 0.2) is 48.5 Å². The topological polar surface area (TPSA) is 92.8 Å². The van der Waals surface area contributed by atoms with Crippen LogP contribution in [0.3, 0.4) is 0 Å². The van der Waals surface area contributed by atoms with E-state index >= 15 is 0 Å². The fraction of sp³-hybridized carbons (Fsp3) is 0.158. The van der Waals surface area contributed by atoms with Crippen LogP contribution >= 0.6 is 11.6 Å². The van der Waals surface area contributed by atoms with Crippen LogP contribution in [0.1, 0.15) is 23.2 Å². The Morgan fingerprint density at radius 3 is 2.44 bits per heavy atom. The summed E-state index contributed by atoms with van der Waals surface area (Å²) < 4.78 is 4.99. The highest BCUT2D eigenvalue weighted by Gasteiger charge is 2.30. The lowest BCUT2D eigenvalue weighted by atomic mass is 10.2. The van der Waals surface area contributed by atoms with Gasteiger partial charge in [-0.1, -0.05) is 29.8 Å². The molecule has 1 N–H and O–H groups in total. The molecule has 1 aliphatic heterocycles. The van der Waals surface area contributed by atoms with Crippen LogP contribution in [0.5, 0.6) is 0 Å². The number of nitrogens with one attached hydrogen (secondary N) is 1. The van der Waals surface area contributed by atoms with E-state index in [0.717, 1.165) is 4.90 Å². The largest absolute Gasteiger partial charge is 0.452 e. The highest BCUT2D eigenvalue weighted by molar-refractivity contribution is 6.33. The number of rotatable bonds is 5. The Labute approximate surface area is 159 Å². The van der Waals surface area contributed by atoms with Crippen molar-refractivity contribution in [1.82, 2.24) is 0 Å². The molecule has 8 heteroatoms. The van der Waals surface area contributed by atoms with Gasteiger partial charge in [0.25, 0.3) is 5.91 Å². The summed E-state index contributed by atoms with van der Waals surface area (Å²) in [5, 5.41) is 2.90. The zero-order chi connectivity index (χ0) is 19.4. The SMILES string of the molecule is O=C(COC(=O)c1cccc(N2C(=O)CCC2=O)c1)Nc1ccccc1Cl. The number of esters is 1. The summed E-state index contributed by atoms with van der Waals surface area (Å²) in [5.74, 6) is -1.92. The number of carbonyl (C=O) groups excluding carboxylic acids is 4. The number of para-hydroxylation sites is 1. The van der Waals surface area contributed by atoms with E-state index in [1.54, 1.807) is 30.3 Å². The third-order valence-corrected chi connectivity index (χ3v) is 4.20. The lowest BCUT2D eigenvalue weighted by Crippen LogP contribution is -2.28. The van der Waals surface area contributed by atoms with Gasteiger partial charge >= 0.3 is 5.97 Å². The van der Waals surface area contributed by atoms with Crippen LogP contribution in [0.4, 0.5) is 11.4 Å². The van der Waals surface area contributed by atoms with E-state index in [1.165, 1.54) is 18.2 Å². The zero-order valence-electron chi connectivity index (χ0n) is 14.1. The first-order chi connectivity index (χ1) is 13.0. The smallest absolute Gasteiger partial charge is 0.338 e. The Kier molecular flexibility index (Phi) is 5.52. The number of hydrogen-bond donors (Lipinski definition) is 1. The first kappa shape index (κ1) is 18.6. The molecule has 3 rings (SSSR count). The van der Waals surface area contributed by atoms with Crippen molar-refractivity contribution in [3.8, 4) is 0 Å². The average Bonchev–Trinajstić information content (AvgIpc) is 3.00. The maximum Gasteiger partial charge on any atom is 0.338 e. The molecule has 1 fully saturated rings. The van der Waals surface area contributed by atoms with Gasteiger partial charge in [-0.15, -0.1) is 0 Å². The van der Waals surface area contributed by atoms with Crippen LogP contribution in [-0.4, -0.2) is 30.3 Å². The van der Waals surface area contributed by atoms with E-state index < -0.39 is 18.5 Å². The number of anilines is 2. The van der Waals surface area contributed by atoms with Crippen LogP contribution in [0.2, 0.25) is 5.02 Å². The van der Waals surface area contributed by atoms with Gasteiger partial charge in [0, 0.05) is 12.8 Å². The molecule has 7 nitrogen and oxygen atoms in total. The number of hydrogen-bond acceptors (Lipinski definition) is 5. The lowest BCUT2D eigenvalue weighted by Gasteiger charge is -2.14. The Morgan fingerprint density at radius 1 is 1.04 bits per heavy atom. The Hall–Kier alpha value is -3.19. The number of imide groups is 1. The molecule has 0 saturated carbocycles. The van der Waals surface area contributed by atoms with Crippen molar-refractivity contribution in [3.05, 3.63) is 59.1 Å². The van der Waals surface area contributed by atoms with Crippen LogP contribution in [0, 0.1) is 0 Å². The molecular formula is C19H15ClN2O5. The van der Waals surface area contributed by atoms with Crippen molar-refractivity contribution in [3.63, 3.8) is 0 Å². The van der Waals surface area contributed by atoms with E-state index in [-0.39, 0.29) is 30.2 Å². The predicted molar refractivity (Wildman–Crippen MR) is 98.5 cm³/mol. The molecule has 1 aliphatic rings. The van der Waals surface area contributed by atoms with Gasteiger partial charge in [-0.2, -0.15) is 0 Å². The number of nitrogens with zero attached hydrogens (tertiary/aromatic N) is 1. The molecule has 0 spiro atoms. The molecule has 2 aromatic rings. The summed E-state index contributed by atoms with van der Waals surface area (Å²) in [4.78, 5) is 48.8. The van der Waals surface area contributed by atoms with E-state index in [2.05, 4.69) is 5.32 Å². The van der Waals surface area contributed by atoms with E-state index in [4.69, 9.17) is 16.3 Å². The molecule has 3 amide bonds. The van der Waals surface area contributed by atoms with Crippen molar-refractivity contribution in [2.24, 2.45) is 0 Å².